The van der Waals surface area contributed by atoms with Crippen LogP contribution >= 0.6 is 11.3 Å². The average molecular weight is 247 g/mol. The van der Waals surface area contributed by atoms with Gasteiger partial charge in [0.2, 0.25) is 0 Å². The van der Waals surface area contributed by atoms with E-state index in [1.54, 1.807) is 6.92 Å². The van der Waals surface area contributed by atoms with Gasteiger partial charge in [-0.3, -0.25) is 0 Å². The molecular formula is C11H14NNaO2S. The molecule has 3 nitrogen and oxygen atoms in total. The first kappa shape index (κ1) is 14.2. The van der Waals surface area contributed by atoms with E-state index in [9.17, 15) is 9.90 Å². The maximum atomic E-state index is 10.7. The number of hydrogen-bond acceptors (Lipinski definition) is 4. The van der Waals surface area contributed by atoms with Gasteiger partial charge in [0.25, 0.3) is 0 Å². The fraction of sp³-hybridized carbons (Fsp3) is 0.636. The first-order valence-electron chi connectivity index (χ1n) is 5.34. The molecule has 1 saturated carbocycles. The van der Waals surface area contributed by atoms with E-state index in [0.717, 1.165) is 5.69 Å². The Morgan fingerprint density at radius 3 is 2.75 bits per heavy atom. The van der Waals surface area contributed by atoms with E-state index in [1.807, 2.05) is 5.38 Å². The molecule has 1 atom stereocenters. The summed E-state index contributed by atoms with van der Waals surface area (Å²) in [5.41, 5.74) is 1.08. The van der Waals surface area contributed by atoms with Crippen LogP contribution in [0.25, 0.3) is 0 Å². The summed E-state index contributed by atoms with van der Waals surface area (Å²) in [5.74, 6) is -1.06. The number of aromatic nitrogens is 1. The molecule has 5 heteroatoms. The molecule has 0 saturated heterocycles. The summed E-state index contributed by atoms with van der Waals surface area (Å²) < 4.78 is 0. The fourth-order valence-electron chi connectivity index (χ4n) is 2.01. The summed E-state index contributed by atoms with van der Waals surface area (Å²) in [6.07, 6.45) is 4.94. The van der Waals surface area contributed by atoms with Gasteiger partial charge in [-0.2, -0.15) is 0 Å². The van der Waals surface area contributed by atoms with Crippen LogP contribution < -0.4 is 34.7 Å². The molecule has 0 amide bonds. The molecule has 1 aliphatic rings. The molecule has 0 N–H and O–H groups in total. The van der Waals surface area contributed by atoms with Crippen molar-refractivity contribution in [3.8, 4) is 0 Å². The van der Waals surface area contributed by atoms with Gasteiger partial charge >= 0.3 is 29.6 Å². The number of carboxylic acids is 1. The van der Waals surface area contributed by atoms with Crippen LogP contribution in [0.1, 0.15) is 55.1 Å². The standard InChI is InChI=1S/C11H15NO2S.Na/c1-7(11(13)14)10-12-9(6-15-10)8-4-2-3-5-8;/h6-8H,2-5H2,1H3,(H,13,14);/q;+1/p-1. The van der Waals surface area contributed by atoms with Gasteiger partial charge in [0.05, 0.1) is 11.7 Å². The summed E-state index contributed by atoms with van der Waals surface area (Å²) in [4.78, 5) is 15.1. The molecular weight excluding hydrogens is 233 g/mol. The summed E-state index contributed by atoms with van der Waals surface area (Å²) in [5, 5.41) is 13.4. The maximum Gasteiger partial charge on any atom is 1.00 e. The third kappa shape index (κ3) is 3.06. The molecule has 2 rings (SSSR count). The zero-order valence-corrected chi connectivity index (χ0v) is 12.5. The maximum absolute atomic E-state index is 10.7. The Bertz CT molecular complexity index is 361. The molecule has 0 bridgehead atoms. The Hall–Kier alpha value is 0.1000. The molecule has 1 heterocycles. The molecule has 16 heavy (non-hydrogen) atoms. The van der Waals surface area contributed by atoms with E-state index < -0.39 is 11.9 Å². The summed E-state index contributed by atoms with van der Waals surface area (Å²) >= 11 is 1.44. The predicted molar refractivity (Wildman–Crippen MR) is 56.7 cm³/mol. The van der Waals surface area contributed by atoms with E-state index >= 15 is 0 Å². The number of rotatable bonds is 3. The van der Waals surface area contributed by atoms with Gasteiger partial charge in [-0.25, -0.2) is 4.98 Å². The van der Waals surface area contributed by atoms with Crippen LogP contribution in [-0.2, 0) is 4.79 Å². The van der Waals surface area contributed by atoms with E-state index in [4.69, 9.17) is 0 Å². The van der Waals surface area contributed by atoms with Crippen LogP contribution in [0.4, 0.5) is 0 Å². The molecule has 0 aliphatic heterocycles. The van der Waals surface area contributed by atoms with Crippen LogP contribution in [0.2, 0.25) is 0 Å². The van der Waals surface area contributed by atoms with Gasteiger partial charge in [-0.15, -0.1) is 11.3 Å². The van der Waals surface area contributed by atoms with Crippen LogP contribution in [-0.4, -0.2) is 11.0 Å². The van der Waals surface area contributed by atoms with Crippen molar-refractivity contribution in [1.82, 2.24) is 4.98 Å². The van der Waals surface area contributed by atoms with Gasteiger partial charge < -0.3 is 9.90 Å². The van der Waals surface area contributed by atoms with E-state index in [2.05, 4.69) is 4.98 Å². The van der Waals surface area contributed by atoms with Gasteiger partial charge in [0, 0.05) is 17.2 Å². The van der Waals surface area contributed by atoms with Crippen LogP contribution in [0.3, 0.4) is 0 Å². The van der Waals surface area contributed by atoms with Crippen molar-refractivity contribution in [2.24, 2.45) is 0 Å². The quantitative estimate of drug-likeness (QED) is 0.621. The third-order valence-corrected chi connectivity index (χ3v) is 4.08. The van der Waals surface area contributed by atoms with Crippen LogP contribution in [0.15, 0.2) is 5.38 Å². The summed E-state index contributed by atoms with van der Waals surface area (Å²) in [6, 6.07) is 0. The molecule has 1 aliphatic carbocycles. The molecule has 0 spiro atoms. The number of hydrogen-bond donors (Lipinski definition) is 0. The van der Waals surface area contributed by atoms with Crippen molar-refractivity contribution >= 4 is 17.3 Å². The number of carbonyl (C=O) groups is 1. The van der Waals surface area contributed by atoms with E-state index in [0.29, 0.717) is 10.9 Å². The second-order valence-corrected chi connectivity index (χ2v) is 5.02. The summed E-state index contributed by atoms with van der Waals surface area (Å²) in [6.45, 7) is 1.63. The normalized spacial score (nSPS) is 18.1. The van der Waals surface area contributed by atoms with Crippen LogP contribution in [0, 0.1) is 0 Å². The Kier molecular flexibility index (Phi) is 5.44. The first-order chi connectivity index (χ1) is 7.18. The second kappa shape index (κ2) is 6.15. The topological polar surface area (TPSA) is 53.0 Å². The number of thiazole rings is 1. The number of nitrogens with zero attached hydrogens (tertiary/aromatic N) is 1. The smallest absolute Gasteiger partial charge is 0.549 e. The molecule has 1 unspecified atom stereocenters. The van der Waals surface area contributed by atoms with Crippen LogP contribution in [0.5, 0.6) is 0 Å². The minimum atomic E-state index is -1.04. The zero-order valence-electron chi connectivity index (χ0n) is 9.73. The van der Waals surface area contributed by atoms with Crippen molar-refractivity contribution in [3.05, 3.63) is 16.1 Å². The minimum Gasteiger partial charge on any atom is -0.549 e. The van der Waals surface area contributed by atoms with Gasteiger partial charge in [-0.1, -0.05) is 19.8 Å². The molecule has 0 radical (unpaired) electrons. The third-order valence-electron chi connectivity index (χ3n) is 3.04. The van der Waals surface area contributed by atoms with Gasteiger partial charge in [0.1, 0.15) is 5.01 Å². The Morgan fingerprint density at radius 1 is 1.56 bits per heavy atom. The largest absolute Gasteiger partial charge is 1.00 e. The van der Waals surface area contributed by atoms with Gasteiger partial charge in [0.15, 0.2) is 0 Å². The first-order valence-corrected chi connectivity index (χ1v) is 6.22. The number of carboxylic acid groups (broad SMARTS) is 1. The zero-order chi connectivity index (χ0) is 10.8. The summed E-state index contributed by atoms with van der Waals surface area (Å²) in [7, 11) is 0. The minimum absolute atomic E-state index is 0. The monoisotopic (exact) mass is 247 g/mol. The fourth-order valence-corrected chi connectivity index (χ4v) is 2.95. The molecule has 1 aromatic rings. The Balaban J connectivity index is 0.00000128. The van der Waals surface area contributed by atoms with E-state index in [1.165, 1.54) is 37.0 Å². The molecule has 1 aromatic heterocycles. The Labute approximate surface area is 122 Å². The van der Waals surface area contributed by atoms with E-state index in [-0.39, 0.29) is 29.6 Å². The Morgan fingerprint density at radius 2 is 2.19 bits per heavy atom. The van der Waals surface area contributed by atoms with Crippen molar-refractivity contribution in [2.75, 3.05) is 0 Å². The molecule has 1 fully saturated rings. The SMILES string of the molecule is CC(C(=O)[O-])c1nc(C2CCCC2)cs1.[Na+]. The second-order valence-electron chi connectivity index (χ2n) is 4.13. The molecule has 0 aromatic carbocycles. The van der Waals surface area contributed by atoms with Gasteiger partial charge in [-0.05, 0) is 12.8 Å². The number of aliphatic carboxylic acids is 1. The predicted octanol–water partition coefficient (Wildman–Crippen LogP) is -1.34. The average Bonchev–Trinajstić information content (AvgIpc) is 2.86. The van der Waals surface area contributed by atoms with Crippen molar-refractivity contribution < 1.29 is 39.5 Å². The van der Waals surface area contributed by atoms with Crippen molar-refractivity contribution in [1.29, 1.82) is 0 Å². The number of carbonyl (C=O) groups excluding carboxylic acids is 1. The van der Waals surface area contributed by atoms with Crippen molar-refractivity contribution in [2.45, 2.75) is 44.4 Å². The van der Waals surface area contributed by atoms with Crippen molar-refractivity contribution in [3.63, 3.8) is 0 Å². The molecule has 82 valence electrons.